The van der Waals surface area contributed by atoms with E-state index in [1.54, 1.807) is 11.3 Å². The average Bonchev–Trinajstić information content (AvgIpc) is 2.73. The summed E-state index contributed by atoms with van der Waals surface area (Å²) in [4.78, 5) is 11.2. The number of anilines is 1. The fourth-order valence-corrected chi connectivity index (χ4v) is 3.87. The van der Waals surface area contributed by atoms with Crippen LogP contribution < -0.4 is 5.73 Å². The number of hydrogen-bond donors (Lipinski definition) is 1. The van der Waals surface area contributed by atoms with E-state index in [0.717, 1.165) is 23.1 Å². The maximum Gasteiger partial charge on any atom is 0.158 e. The molecule has 0 bridgehead atoms. The summed E-state index contributed by atoms with van der Waals surface area (Å²) in [5.41, 5.74) is 7.28. The number of rotatable bonds is 3. The molecule has 0 radical (unpaired) electrons. The summed E-state index contributed by atoms with van der Waals surface area (Å²) in [6.07, 6.45) is 6.58. The highest BCUT2D eigenvalue weighted by Crippen LogP contribution is 2.32. The maximum absolute atomic E-state index is 6.08. The molecule has 0 saturated heterocycles. The number of nitrogen functional groups attached to an aromatic ring is 1. The molecular formula is C15H21N3OS. The van der Waals surface area contributed by atoms with Gasteiger partial charge in [-0.15, -0.1) is 11.3 Å². The predicted octanol–water partition coefficient (Wildman–Crippen LogP) is 3.74. The van der Waals surface area contributed by atoms with Crippen LogP contribution in [0.5, 0.6) is 0 Å². The SMILES string of the molecule is Cc1sc2nc(COC3CCCCC3)nc(N)c2c1C. The Morgan fingerprint density at radius 3 is 2.70 bits per heavy atom. The summed E-state index contributed by atoms with van der Waals surface area (Å²) in [6, 6.07) is 0. The van der Waals surface area contributed by atoms with Gasteiger partial charge in [-0.2, -0.15) is 0 Å². The molecule has 1 saturated carbocycles. The van der Waals surface area contributed by atoms with Crippen LogP contribution >= 0.6 is 11.3 Å². The molecular weight excluding hydrogens is 270 g/mol. The van der Waals surface area contributed by atoms with Crippen LogP contribution in [0, 0.1) is 13.8 Å². The molecule has 0 amide bonds. The second-order valence-electron chi connectivity index (χ2n) is 5.56. The quantitative estimate of drug-likeness (QED) is 0.935. The Hall–Kier alpha value is -1.20. The lowest BCUT2D eigenvalue weighted by Gasteiger charge is -2.21. The van der Waals surface area contributed by atoms with E-state index in [9.17, 15) is 0 Å². The molecule has 20 heavy (non-hydrogen) atoms. The Balaban J connectivity index is 1.78. The van der Waals surface area contributed by atoms with Crippen molar-refractivity contribution in [3.8, 4) is 0 Å². The summed E-state index contributed by atoms with van der Waals surface area (Å²) in [5, 5.41) is 1.01. The van der Waals surface area contributed by atoms with E-state index in [2.05, 4.69) is 23.8 Å². The minimum Gasteiger partial charge on any atom is -0.383 e. The first-order valence-corrected chi connectivity index (χ1v) is 8.10. The number of hydrogen-bond acceptors (Lipinski definition) is 5. The van der Waals surface area contributed by atoms with Crippen molar-refractivity contribution in [1.29, 1.82) is 0 Å². The molecule has 0 spiro atoms. The molecule has 2 N–H and O–H groups in total. The maximum atomic E-state index is 6.08. The fraction of sp³-hybridized carbons (Fsp3) is 0.600. The Labute approximate surface area is 123 Å². The number of nitrogens with zero attached hydrogens (tertiary/aromatic N) is 2. The summed E-state index contributed by atoms with van der Waals surface area (Å²) < 4.78 is 5.93. The van der Waals surface area contributed by atoms with Crippen LogP contribution in [0.3, 0.4) is 0 Å². The first-order chi connectivity index (χ1) is 9.65. The van der Waals surface area contributed by atoms with Gasteiger partial charge in [0.25, 0.3) is 0 Å². The van der Waals surface area contributed by atoms with Crippen LogP contribution in [-0.4, -0.2) is 16.1 Å². The minimum absolute atomic E-state index is 0.371. The normalized spacial score (nSPS) is 16.9. The number of fused-ring (bicyclic) bond motifs is 1. The van der Waals surface area contributed by atoms with E-state index < -0.39 is 0 Å². The van der Waals surface area contributed by atoms with Gasteiger partial charge >= 0.3 is 0 Å². The van der Waals surface area contributed by atoms with Crippen molar-refractivity contribution in [3.63, 3.8) is 0 Å². The highest BCUT2D eigenvalue weighted by molar-refractivity contribution is 7.18. The van der Waals surface area contributed by atoms with Crippen LogP contribution in [0.4, 0.5) is 5.82 Å². The van der Waals surface area contributed by atoms with Gasteiger partial charge in [0.2, 0.25) is 0 Å². The van der Waals surface area contributed by atoms with Gasteiger partial charge in [-0.1, -0.05) is 19.3 Å². The van der Waals surface area contributed by atoms with E-state index in [1.165, 1.54) is 29.7 Å². The van der Waals surface area contributed by atoms with Crippen molar-refractivity contribution >= 4 is 27.4 Å². The summed E-state index contributed by atoms with van der Waals surface area (Å²) in [6.45, 7) is 4.65. The Morgan fingerprint density at radius 2 is 1.95 bits per heavy atom. The predicted molar refractivity (Wildman–Crippen MR) is 83.0 cm³/mol. The first kappa shape index (κ1) is 13.8. The average molecular weight is 291 g/mol. The molecule has 1 aliphatic carbocycles. The first-order valence-electron chi connectivity index (χ1n) is 7.29. The number of aromatic nitrogens is 2. The van der Waals surface area contributed by atoms with Gasteiger partial charge < -0.3 is 10.5 Å². The topological polar surface area (TPSA) is 61.0 Å². The Morgan fingerprint density at radius 1 is 1.20 bits per heavy atom. The highest BCUT2D eigenvalue weighted by Gasteiger charge is 2.16. The van der Waals surface area contributed by atoms with Gasteiger partial charge in [-0.25, -0.2) is 9.97 Å². The smallest absolute Gasteiger partial charge is 0.158 e. The fourth-order valence-electron chi connectivity index (χ4n) is 2.82. The molecule has 2 aromatic rings. The van der Waals surface area contributed by atoms with Gasteiger partial charge in [0.1, 0.15) is 17.3 Å². The lowest BCUT2D eigenvalue weighted by molar-refractivity contribution is 0.0137. The van der Waals surface area contributed by atoms with E-state index in [0.29, 0.717) is 24.4 Å². The molecule has 4 nitrogen and oxygen atoms in total. The van der Waals surface area contributed by atoms with E-state index in [4.69, 9.17) is 10.5 Å². The largest absolute Gasteiger partial charge is 0.383 e. The number of aryl methyl sites for hydroxylation is 2. The van der Waals surface area contributed by atoms with Gasteiger partial charge in [0.15, 0.2) is 5.82 Å². The van der Waals surface area contributed by atoms with Gasteiger partial charge in [-0.3, -0.25) is 0 Å². The highest BCUT2D eigenvalue weighted by atomic mass is 32.1. The molecule has 0 unspecified atom stereocenters. The van der Waals surface area contributed by atoms with E-state index >= 15 is 0 Å². The summed E-state index contributed by atoms with van der Waals surface area (Å²) in [7, 11) is 0. The zero-order chi connectivity index (χ0) is 14.1. The zero-order valence-electron chi connectivity index (χ0n) is 12.1. The van der Waals surface area contributed by atoms with Crippen molar-refractivity contribution in [2.24, 2.45) is 0 Å². The summed E-state index contributed by atoms with van der Waals surface area (Å²) in [5.74, 6) is 1.29. The molecule has 0 atom stereocenters. The van der Waals surface area contributed by atoms with Crippen LogP contribution in [0.2, 0.25) is 0 Å². The van der Waals surface area contributed by atoms with E-state index in [-0.39, 0.29) is 0 Å². The standard InChI is InChI=1S/C15H21N3OS/c1-9-10(2)20-15-13(9)14(16)17-12(18-15)8-19-11-6-4-3-5-7-11/h11H,3-8H2,1-2H3,(H2,16,17,18). The van der Waals surface area contributed by atoms with Crippen molar-refractivity contribution in [2.45, 2.75) is 58.7 Å². The van der Waals surface area contributed by atoms with Crippen molar-refractivity contribution in [2.75, 3.05) is 5.73 Å². The summed E-state index contributed by atoms with van der Waals surface area (Å²) >= 11 is 1.68. The second kappa shape index (κ2) is 5.66. The van der Waals surface area contributed by atoms with Gasteiger partial charge in [0.05, 0.1) is 11.5 Å². The second-order valence-corrected chi connectivity index (χ2v) is 6.76. The van der Waals surface area contributed by atoms with Crippen molar-refractivity contribution in [1.82, 2.24) is 9.97 Å². The number of nitrogens with two attached hydrogens (primary N) is 1. The van der Waals surface area contributed by atoms with E-state index in [1.807, 2.05) is 0 Å². The third-order valence-electron chi connectivity index (χ3n) is 4.10. The molecule has 2 heterocycles. The molecule has 1 aliphatic rings. The number of ether oxygens (including phenoxy) is 1. The lowest BCUT2D eigenvalue weighted by atomic mass is 9.98. The molecule has 5 heteroatoms. The molecule has 3 rings (SSSR count). The van der Waals surface area contributed by atoms with Crippen LogP contribution in [0.15, 0.2) is 0 Å². The molecule has 2 aromatic heterocycles. The monoisotopic (exact) mass is 291 g/mol. The van der Waals surface area contributed by atoms with Crippen molar-refractivity contribution < 1.29 is 4.74 Å². The Kier molecular flexibility index (Phi) is 3.89. The third kappa shape index (κ3) is 2.65. The van der Waals surface area contributed by atoms with Crippen LogP contribution in [0.1, 0.15) is 48.4 Å². The third-order valence-corrected chi connectivity index (χ3v) is 5.20. The lowest BCUT2D eigenvalue weighted by Crippen LogP contribution is -2.17. The van der Waals surface area contributed by atoms with Crippen LogP contribution in [0.25, 0.3) is 10.2 Å². The Bertz CT molecular complexity index is 617. The zero-order valence-corrected chi connectivity index (χ0v) is 12.9. The van der Waals surface area contributed by atoms with Crippen molar-refractivity contribution in [3.05, 3.63) is 16.3 Å². The number of thiophene rings is 1. The minimum atomic E-state index is 0.371. The molecule has 108 valence electrons. The molecule has 0 aliphatic heterocycles. The van der Waals surface area contributed by atoms with Crippen LogP contribution in [-0.2, 0) is 11.3 Å². The van der Waals surface area contributed by atoms with Gasteiger partial charge in [-0.05, 0) is 32.3 Å². The molecule has 0 aromatic carbocycles. The molecule has 1 fully saturated rings. The van der Waals surface area contributed by atoms with Gasteiger partial charge in [0, 0.05) is 4.88 Å².